The van der Waals surface area contributed by atoms with Crippen LogP contribution in [0.5, 0.6) is 5.75 Å². The third-order valence-electron chi connectivity index (χ3n) is 4.28. The van der Waals surface area contributed by atoms with E-state index in [2.05, 4.69) is 15.2 Å². The fourth-order valence-corrected chi connectivity index (χ4v) is 3.20. The van der Waals surface area contributed by atoms with E-state index in [9.17, 15) is 5.11 Å². The first-order chi connectivity index (χ1) is 12.1. The van der Waals surface area contributed by atoms with Crippen molar-refractivity contribution in [2.24, 2.45) is 10.2 Å². The van der Waals surface area contributed by atoms with Crippen molar-refractivity contribution in [2.75, 3.05) is 0 Å². The SMILES string of the molecule is Cc1cc2c(O)c3ccccc3c(N=Nc3ccccc3)c2c(C)n1. The highest BCUT2D eigenvalue weighted by Crippen LogP contribution is 2.43. The zero-order valence-corrected chi connectivity index (χ0v) is 14.1. The minimum absolute atomic E-state index is 0.262. The number of rotatable bonds is 2. The smallest absolute Gasteiger partial charge is 0.131 e. The first-order valence-corrected chi connectivity index (χ1v) is 8.13. The molecule has 25 heavy (non-hydrogen) atoms. The quantitative estimate of drug-likeness (QED) is 0.356. The lowest BCUT2D eigenvalue weighted by Gasteiger charge is -2.12. The monoisotopic (exact) mass is 327 g/mol. The normalized spacial score (nSPS) is 11.6. The lowest BCUT2D eigenvalue weighted by atomic mass is 9.98. The summed E-state index contributed by atoms with van der Waals surface area (Å²) in [6, 6.07) is 19.2. The van der Waals surface area contributed by atoms with Gasteiger partial charge in [-0.3, -0.25) is 4.98 Å². The van der Waals surface area contributed by atoms with Crippen LogP contribution in [-0.2, 0) is 0 Å². The standard InChI is InChI=1S/C21H17N3O/c1-13-12-18-19(14(2)22-13)20(24-23-15-8-4-3-5-9-15)16-10-6-7-11-17(16)21(18)25/h3-12,25H,1-2H3. The Balaban J connectivity index is 2.09. The molecule has 0 unspecified atom stereocenters. The van der Waals surface area contributed by atoms with Crippen molar-refractivity contribution < 1.29 is 5.11 Å². The van der Waals surface area contributed by atoms with E-state index in [-0.39, 0.29) is 5.75 Å². The summed E-state index contributed by atoms with van der Waals surface area (Å²) >= 11 is 0. The van der Waals surface area contributed by atoms with Gasteiger partial charge in [0.25, 0.3) is 0 Å². The predicted molar refractivity (Wildman–Crippen MR) is 101 cm³/mol. The van der Waals surface area contributed by atoms with Crippen LogP contribution < -0.4 is 0 Å². The molecule has 0 amide bonds. The van der Waals surface area contributed by atoms with Gasteiger partial charge in [0.1, 0.15) is 11.4 Å². The Bertz CT molecular complexity index is 1120. The van der Waals surface area contributed by atoms with Gasteiger partial charge >= 0.3 is 0 Å². The Morgan fingerprint density at radius 2 is 1.48 bits per heavy atom. The molecule has 0 aliphatic carbocycles. The molecule has 4 heteroatoms. The molecule has 0 bridgehead atoms. The Morgan fingerprint density at radius 1 is 0.800 bits per heavy atom. The molecule has 0 saturated carbocycles. The molecule has 0 fully saturated rings. The lowest BCUT2D eigenvalue weighted by molar-refractivity contribution is 0.487. The highest BCUT2D eigenvalue weighted by atomic mass is 16.3. The molecule has 0 spiro atoms. The topological polar surface area (TPSA) is 57.8 Å². The van der Waals surface area contributed by atoms with E-state index in [0.29, 0.717) is 0 Å². The van der Waals surface area contributed by atoms with Crippen molar-refractivity contribution in [2.45, 2.75) is 13.8 Å². The fraction of sp³-hybridized carbons (Fsp3) is 0.0952. The Morgan fingerprint density at radius 3 is 2.24 bits per heavy atom. The molecule has 0 radical (unpaired) electrons. The van der Waals surface area contributed by atoms with Crippen LogP contribution in [0, 0.1) is 13.8 Å². The van der Waals surface area contributed by atoms with Gasteiger partial charge in [0.15, 0.2) is 0 Å². The number of phenols is 1. The lowest BCUT2D eigenvalue weighted by Crippen LogP contribution is -1.90. The van der Waals surface area contributed by atoms with Crippen LogP contribution in [-0.4, -0.2) is 10.1 Å². The second-order valence-corrected chi connectivity index (χ2v) is 6.05. The second kappa shape index (κ2) is 5.98. The van der Waals surface area contributed by atoms with Gasteiger partial charge in [-0.2, -0.15) is 5.11 Å². The highest BCUT2D eigenvalue weighted by Gasteiger charge is 2.16. The number of phenolic OH excluding ortho intramolecular Hbond substituents is 1. The molecule has 4 aromatic rings. The van der Waals surface area contributed by atoms with Gasteiger partial charge in [0.2, 0.25) is 0 Å². The highest BCUT2D eigenvalue weighted by molar-refractivity contribution is 6.15. The van der Waals surface area contributed by atoms with Crippen molar-refractivity contribution in [1.29, 1.82) is 0 Å². The summed E-state index contributed by atoms with van der Waals surface area (Å²) in [5.74, 6) is 0.262. The summed E-state index contributed by atoms with van der Waals surface area (Å²) in [5.41, 5.74) is 3.21. The van der Waals surface area contributed by atoms with Crippen LogP contribution in [0.15, 0.2) is 70.9 Å². The first-order valence-electron chi connectivity index (χ1n) is 8.13. The maximum atomic E-state index is 10.8. The molecule has 0 aliphatic heterocycles. The van der Waals surface area contributed by atoms with Gasteiger partial charge in [-0.05, 0) is 32.0 Å². The Kier molecular flexibility index (Phi) is 3.65. The summed E-state index contributed by atoms with van der Waals surface area (Å²) < 4.78 is 0. The van der Waals surface area contributed by atoms with Crippen LogP contribution in [0.25, 0.3) is 21.5 Å². The minimum Gasteiger partial charge on any atom is -0.507 e. The van der Waals surface area contributed by atoms with Crippen molar-refractivity contribution in [1.82, 2.24) is 4.98 Å². The molecular formula is C21H17N3O. The number of azo groups is 1. The third-order valence-corrected chi connectivity index (χ3v) is 4.28. The molecule has 1 aromatic heterocycles. The summed E-state index contributed by atoms with van der Waals surface area (Å²) in [7, 11) is 0. The molecule has 4 nitrogen and oxygen atoms in total. The van der Waals surface area contributed by atoms with Gasteiger partial charge in [-0.15, -0.1) is 5.11 Å². The van der Waals surface area contributed by atoms with E-state index in [4.69, 9.17) is 0 Å². The number of nitrogens with zero attached hydrogens (tertiary/aromatic N) is 3. The molecule has 122 valence electrons. The molecule has 0 saturated heterocycles. The predicted octanol–water partition coefficient (Wildman–Crippen LogP) is 6.13. The summed E-state index contributed by atoms with van der Waals surface area (Å²) in [6.45, 7) is 3.86. The van der Waals surface area contributed by atoms with E-state index in [1.54, 1.807) is 0 Å². The Hall–Kier alpha value is -3.27. The van der Waals surface area contributed by atoms with Gasteiger partial charge in [0, 0.05) is 32.9 Å². The number of pyridine rings is 1. The van der Waals surface area contributed by atoms with Crippen molar-refractivity contribution >= 4 is 32.9 Å². The molecule has 1 N–H and O–H groups in total. The molecule has 0 atom stereocenters. The van der Waals surface area contributed by atoms with Gasteiger partial charge in [-0.25, -0.2) is 0 Å². The van der Waals surface area contributed by atoms with Crippen molar-refractivity contribution in [3.8, 4) is 5.75 Å². The molecule has 0 aliphatic rings. The molecule has 1 heterocycles. The van der Waals surface area contributed by atoms with Crippen molar-refractivity contribution in [3.05, 3.63) is 72.1 Å². The molecular weight excluding hydrogens is 310 g/mol. The number of hydrogen-bond acceptors (Lipinski definition) is 4. The first kappa shape index (κ1) is 15.3. The largest absolute Gasteiger partial charge is 0.507 e. The van der Waals surface area contributed by atoms with E-state index in [1.165, 1.54) is 0 Å². The maximum absolute atomic E-state index is 10.8. The number of aryl methyl sites for hydroxylation is 2. The zero-order valence-electron chi connectivity index (χ0n) is 14.1. The number of aromatic nitrogens is 1. The third kappa shape index (κ3) is 2.62. The van der Waals surface area contributed by atoms with Gasteiger partial charge in [0.05, 0.1) is 5.69 Å². The van der Waals surface area contributed by atoms with E-state index < -0.39 is 0 Å². The van der Waals surface area contributed by atoms with Crippen molar-refractivity contribution in [3.63, 3.8) is 0 Å². The fourth-order valence-electron chi connectivity index (χ4n) is 3.20. The van der Waals surface area contributed by atoms with Gasteiger partial charge < -0.3 is 5.11 Å². The zero-order chi connectivity index (χ0) is 17.4. The van der Waals surface area contributed by atoms with E-state index in [0.717, 1.165) is 44.3 Å². The number of aromatic hydroxyl groups is 1. The molecule has 3 aromatic carbocycles. The van der Waals surface area contributed by atoms with E-state index >= 15 is 0 Å². The van der Waals surface area contributed by atoms with E-state index in [1.807, 2.05) is 74.5 Å². The van der Waals surface area contributed by atoms with Crippen LogP contribution in [0.1, 0.15) is 11.4 Å². The summed E-state index contributed by atoms with van der Waals surface area (Å²) in [6.07, 6.45) is 0. The number of benzene rings is 3. The average molecular weight is 327 g/mol. The van der Waals surface area contributed by atoms with Crippen LogP contribution >= 0.6 is 0 Å². The maximum Gasteiger partial charge on any atom is 0.131 e. The van der Waals surface area contributed by atoms with Crippen LogP contribution in [0.2, 0.25) is 0 Å². The number of hydrogen-bond donors (Lipinski definition) is 1. The summed E-state index contributed by atoms with van der Waals surface area (Å²) in [4.78, 5) is 4.55. The second-order valence-electron chi connectivity index (χ2n) is 6.05. The summed E-state index contributed by atoms with van der Waals surface area (Å²) in [5, 5.41) is 22.9. The number of fused-ring (bicyclic) bond motifs is 2. The molecule has 4 rings (SSSR count). The Labute approximate surface area is 145 Å². The van der Waals surface area contributed by atoms with Crippen LogP contribution in [0.4, 0.5) is 11.4 Å². The van der Waals surface area contributed by atoms with Crippen LogP contribution in [0.3, 0.4) is 0 Å². The average Bonchev–Trinajstić information content (AvgIpc) is 2.63. The van der Waals surface area contributed by atoms with Gasteiger partial charge in [-0.1, -0.05) is 42.5 Å². The minimum atomic E-state index is 0.262.